The number of fused-ring (bicyclic) bond motifs is 3. The minimum Gasteiger partial charge on any atom is -0.275 e. The molecule has 0 fully saturated rings. The van der Waals surface area contributed by atoms with E-state index in [-0.39, 0.29) is 5.91 Å². The molecule has 0 amide bonds. The summed E-state index contributed by atoms with van der Waals surface area (Å²) in [6.45, 7) is 2.05. The van der Waals surface area contributed by atoms with Crippen LogP contribution in [0.4, 0.5) is 0 Å². The van der Waals surface area contributed by atoms with Gasteiger partial charge in [0.05, 0.1) is 11.0 Å². The number of carbonyl (C=O) groups is 1. The van der Waals surface area contributed by atoms with Crippen molar-refractivity contribution < 1.29 is 4.79 Å². The van der Waals surface area contributed by atoms with Gasteiger partial charge >= 0.3 is 0 Å². The van der Waals surface area contributed by atoms with Crippen LogP contribution in [0.15, 0.2) is 72.8 Å². The average Bonchev–Trinajstić information content (AvgIpc) is 2.91. The van der Waals surface area contributed by atoms with Crippen LogP contribution in [0.5, 0.6) is 0 Å². The van der Waals surface area contributed by atoms with Crippen LogP contribution >= 0.6 is 0 Å². The molecule has 1 aromatic heterocycles. The van der Waals surface area contributed by atoms with Crippen LogP contribution in [0, 0.1) is 6.92 Å². The Kier molecular flexibility index (Phi) is 2.83. The molecule has 3 aromatic carbocycles. The molecule has 0 aliphatic carbocycles. The molecule has 0 unspecified atom stereocenters. The predicted octanol–water partition coefficient (Wildman–Crippen LogP) is 4.79. The van der Waals surface area contributed by atoms with Crippen molar-refractivity contribution in [2.45, 2.75) is 6.92 Å². The number of aromatic nitrogens is 1. The van der Waals surface area contributed by atoms with Crippen LogP contribution in [0.1, 0.15) is 15.9 Å². The maximum absolute atomic E-state index is 13.1. The summed E-state index contributed by atoms with van der Waals surface area (Å²) in [7, 11) is 0. The number of carbonyl (C=O) groups excluding carboxylic acids is 1. The van der Waals surface area contributed by atoms with E-state index >= 15 is 0 Å². The van der Waals surface area contributed by atoms with Crippen LogP contribution < -0.4 is 0 Å². The zero-order valence-electron chi connectivity index (χ0n) is 12.3. The summed E-state index contributed by atoms with van der Waals surface area (Å²) in [5.74, 6) is 0.0149. The second kappa shape index (κ2) is 4.85. The first kappa shape index (κ1) is 12.8. The highest BCUT2D eigenvalue weighted by atomic mass is 16.2. The summed E-state index contributed by atoms with van der Waals surface area (Å²) in [5, 5.41) is 2.24. The standard InChI is InChI=1S/C20H15NO/c1-14-8-7-12-17-16-11-5-6-13-18(16)21(19(14)17)20(22)15-9-3-2-4-10-15/h2-13H,1H3. The van der Waals surface area contributed by atoms with Gasteiger partial charge in [-0.15, -0.1) is 0 Å². The third-order valence-corrected chi connectivity index (χ3v) is 4.12. The van der Waals surface area contributed by atoms with Gasteiger partial charge in [-0.25, -0.2) is 0 Å². The minimum atomic E-state index is 0.0149. The van der Waals surface area contributed by atoms with Gasteiger partial charge in [0.25, 0.3) is 5.91 Å². The molecular formula is C20H15NO. The van der Waals surface area contributed by atoms with E-state index in [1.54, 1.807) is 0 Å². The maximum Gasteiger partial charge on any atom is 0.262 e. The largest absolute Gasteiger partial charge is 0.275 e. The monoisotopic (exact) mass is 285 g/mol. The van der Waals surface area contributed by atoms with Gasteiger partial charge in [-0.1, -0.05) is 54.6 Å². The van der Waals surface area contributed by atoms with Gasteiger partial charge in [-0.3, -0.25) is 9.36 Å². The van der Waals surface area contributed by atoms with Crippen molar-refractivity contribution in [2.24, 2.45) is 0 Å². The quantitative estimate of drug-likeness (QED) is 0.493. The van der Waals surface area contributed by atoms with Crippen LogP contribution in [0.25, 0.3) is 21.8 Å². The molecule has 1 heterocycles. The van der Waals surface area contributed by atoms with Crippen molar-refractivity contribution in [3.63, 3.8) is 0 Å². The van der Waals surface area contributed by atoms with E-state index in [1.165, 1.54) is 0 Å². The smallest absolute Gasteiger partial charge is 0.262 e. The van der Waals surface area contributed by atoms with E-state index in [4.69, 9.17) is 0 Å². The van der Waals surface area contributed by atoms with Gasteiger partial charge in [0.2, 0.25) is 0 Å². The van der Waals surface area contributed by atoms with Crippen molar-refractivity contribution in [3.05, 3.63) is 83.9 Å². The molecular weight excluding hydrogens is 270 g/mol. The lowest BCUT2D eigenvalue weighted by Crippen LogP contribution is -2.12. The Bertz CT molecular complexity index is 996. The van der Waals surface area contributed by atoms with Crippen LogP contribution in [0.3, 0.4) is 0 Å². The highest BCUT2D eigenvalue weighted by Crippen LogP contribution is 2.31. The Hall–Kier alpha value is -2.87. The van der Waals surface area contributed by atoms with Gasteiger partial charge in [-0.05, 0) is 30.7 Å². The molecule has 0 saturated carbocycles. The summed E-state index contributed by atoms with van der Waals surface area (Å²) < 4.78 is 1.84. The van der Waals surface area contributed by atoms with Gasteiger partial charge in [0.15, 0.2) is 0 Å². The number of hydrogen-bond donors (Lipinski definition) is 0. The molecule has 2 heteroatoms. The SMILES string of the molecule is Cc1cccc2c3ccccc3n(C(=O)c3ccccc3)c12. The number of hydrogen-bond acceptors (Lipinski definition) is 1. The fraction of sp³-hybridized carbons (Fsp3) is 0.0500. The molecule has 0 N–H and O–H groups in total. The molecule has 0 saturated heterocycles. The van der Waals surface area contributed by atoms with Crippen LogP contribution in [0.2, 0.25) is 0 Å². The molecule has 22 heavy (non-hydrogen) atoms. The van der Waals surface area contributed by atoms with E-state index in [0.29, 0.717) is 5.56 Å². The molecule has 0 bridgehead atoms. The first-order valence-corrected chi connectivity index (χ1v) is 7.36. The minimum absolute atomic E-state index is 0.0149. The van der Waals surface area contributed by atoms with E-state index in [2.05, 4.69) is 25.1 Å². The molecule has 106 valence electrons. The molecule has 0 aliphatic heterocycles. The number of nitrogens with zero attached hydrogens (tertiary/aromatic N) is 1. The molecule has 2 nitrogen and oxygen atoms in total. The Balaban J connectivity index is 2.13. The zero-order chi connectivity index (χ0) is 15.1. The zero-order valence-corrected chi connectivity index (χ0v) is 12.3. The Labute approximate surface area is 128 Å². The first-order valence-electron chi connectivity index (χ1n) is 7.36. The average molecular weight is 285 g/mol. The molecule has 4 aromatic rings. The highest BCUT2D eigenvalue weighted by molar-refractivity contribution is 6.16. The molecule has 4 rings (SSSR count). The van der Waals surface area contributed by atoms with Crippen LogP contribution in [-0.4, -0.2) is 10.5 Å². The second-order valence-corrected chi connectivity index (χ2v) is 5.49. The van der Waals surface area contributed by atoms with Crippen LogP contribution in [-0.2, 0) is 0 Å². The van der Waals surface area contributed by atoms with E-state index in [9.17, 15) is 4.79 Å². The Morgan fingerprint density at radius 3 is 2.27 bits per heavy atom. The van der Waals surface area contributed by atoms with Gasteiger partial charge in [0.1, 0.15) is 0 Å². The van der Waals surface area contributed by atoms with Crippen molar-refractivity contribution in [3.8, 4) is 0 Å². The predicted molar refractivity (Wildman–Crippen MR) is 90.4 cm³/mol. The summed E-state index contributed by atoms with van der Waals surface area (Å²) in [6, 6.07) is 23.7. The van der Waals surface area contributed by atoms with Gasteiger partial charge in [0, 0.05) is 16.3 Å². The number of rotatable bonds is 1. The first-order chi connectivity index (χ1) is 10.8. The fourth-order valence-corrected chi connectivity index (χ4v) is 3.11. The highest BCUT2D eigenvalue weighted by Gasteiger charge is 2.17. The van der Waals surface area contributed by atoms with Crippen molar-refractivity contribution in [1.29, 1.82) is 0 Å². The summed E-state index contributed by atoms with van der Waals surface area (Å²) in [6.07, 6.45) is 0. The number of benzene rings is 3. The lowest BCUT2D eigenvalue weighted by atomic mass is 10.1. The molecule has 0 spiro atoms. The van der Waals surface area contributed by atoms with Gasteiger partial charge in [-0.2, -0.15) is 0 Å². The lowest BCUT2D eigenvalue weighted by molar-refractivity contribution is 0.0969. The second-order valence-electron chi connectivity index (χ2n) is 5.49. The summed E-state index contributed by atoms with van der Waals surface area (Å²) >= 11 is 0. The lowest BCUT2D eigenvalue weighted by Gasteiger charge is -2.07. The molecule has 0 aliphatic rings. The fourth-order valence-electron chi connectivity index (χ4n) is 3.11. The third-order valence-electron chi connectivity index (χ3n) is 4.12. The maximum atomic E-state index is 13.1. The summed E-state index contributed by atoms with van der Waals surface area (Å²) in [4.78, 5) is 13.1. The van der Waals surface area contributed by atoms with E-state index in [1.807, 2.05) is 59.2 Å². The van der Waals surface area contributed by atoms with E-state index < -0.39 is 0 Å². The number of aryl methyl sites for hydroxylation is 1. The van der Waals surface area contributed by atoms with E-state index in [0.717, 1.165) is 27.4 Å². The number of para-hydroxylation sites is 2. The molecule has 0 radical (unpaired) electrons. The summed E-state index contributed by atoms with van der Waals surface area (Å²) in [5.41, 5.74) is 3.77. The van der Waals surface area contributed by atoms with Crippen molar-refractivity contribution in [2.75, 3.05) is 0 Å². The van der Waals surface area contributed by atoms with Crippen molar-refractivity contribution >= 4 is 27.7 Å². The van der Waals surface area contributed by atoms with Crippen molar-refractivity contribution in [1.82, 2.24) is 4.57 Å². The Morgan fingerprint density at radius 1 is 0.773 bits per heavy atom. The molecule has 0 atom stereocenters. The van der Waals surface area contributed by atoms with Gasteiger partial charge < -0.3 is 0 Å². The topological polar surface area (TPSA) is 22.0 Å². The third kappa shape index (κ3) is 1.77. The normalized spacial score (nSPS) is 11.1. The Morgan fingerprint density at radius 2 is 1.45 bits per heavy atom.